The van der Waals surface area contributed by atoms with E-state index in [9.17, 15) is 5.11 Å². The molecule has 2 aromatic rings. The number of thiophene rings is 1. The molecule has 3 heteroatoms. The molecule has 0 bridgehead atoms. The van der Waals surface area contributed by atoms with Crippen molar-refractivity contribution in [2.75, 3.05) is 5.73 Å². The second-order valence-electron chi connectivity index (χ2n) is 2.83. The highest BCUT2D eigenvalue weighted by Crippen LogP contribution is 2.33. The Bertz CT molecular complexity index is 433. The van der Waals surface area contributed by atoms with E-state index in [2.05, 4.69) is 0 Å². The number of aryl methyl sites for hydroxylation is 1. The Labute approximate surface area is 74.3 Å². The molecule has 0 radical (unpaired) electrons. The molecule has 0 atom stereocenters. The van der Waals surface area contributed by atoms with Crippen LogP contribution >= 0.6 is 11.3 Å². The zero-order valence-electron chi connectivity index (χ0n) is 6.66. The zero-order valence-corrected chi connectivity index (χ0v) is 7.48. The molecule has 1 aromatic carbocycles. The van der Waals surface area contributed by atoms with Gasteiger partial charge in [0.05, 0.1) is 0 Å². The monoisotopic (exact) mass is 179 g/mol. The molecule has 2 rings (SSSR count). The Morgan fingerprint density at radius 3 is 2.92 bits per heavy atom. The fourth-order valence-corrected chi connectivity index (χ4v) is 2.08. The van der Waals surface area contributed by atoms with Crippen LogP contribution in [-0.2, 0) is 0 Å². The van der Waals surface area contributed by atoms with Gasteiger partial charge in [-0.3, -0.25) is 0 Å². The van der Waals surface area contributed by atoms with Crippen molar-refractivity contribution in [3.8, 4) is 5.75 Å². The lowest BCUT2D eigenvalue weighted by atomic mass is 10.1. The van der Waals surface area contributed by atoms with Gasteiger partial charge in [-0.15, -0.1) is 11.3 Å². The van der Waals surface area contributed by atoms with Gasteiger partial charge in [0.2, 0.25) is 0 Å². The van der Waals surface area contributed by atoms with Gasteiger partial charge in [0, 0.05) is 21.2 Å². The van der Waals surface area contributed by atoms with Crippen molar-refractivity contribution in [2.24, 2.45) is 0 Å². The van der Waals surface area contributed by atoms with Crippen molar-refractivity contribution in [1.82, 2.24) is 0 Å². The van der Waals surface area contributed by atoms with Crippen LogP contribution in [0.1, 0.15) is 5.56 Å². The highest BCUT2D eigenvalue weighted by Gasteiger charge is 2.04. The summed E-state index contributed by atoms with van der Waals surface area (Å²) >= 11 is 1.53. The lowest BCUT2D eigenvalue weighted by Crippen LogP contribution is -1.87. The molecule has 3 N–H and O–H groups in total. The predicted molar refractivity (Wildman–Crippen MR) is 52.6 cm³/mol. The first-order valence-corrected chi connectivity index (χ1v) is 4.53. The second-order valence-corrected chi connectivity index (χ2v) is 3.74. The van der Waals surface area contributed by atoms with Gasteiger partial charge in [-0.05, 0) is 24.6 Å². The molecule has 0 aliphatic heterocycles. The fraction of sp³-hybridized carbons (Fsp3) is 0.111. The molecule has 12 heavy (non-hydrogen) atoms. The summed E-state index contributed by atoms with van der Waals surface area (Å²) in [5, 5.41) is 12.0. The Hall–Kier alpha value is -1.22. The van der Waals surface area contributed by atoms with Gasteiger partial charge >= 0.3 is 0 Å². The van der Waals surface area contributed by atoms with Crippen molar-refractivity contribution in [3.63, 3.8) is 0 Å². The Kier molecular flexibility index (Phi) is 1.48. The van der Waals surface area contributed by atoms with Crippen LogP contribution in [0.3, 0.4) is 0 Å². The molecule has 2 nitrogen and oxygen atoms in total. The van der Waals surface area contributed by atoms with E-state index >= 15 is 0 Å². The standard InChI is InChI=1S/C9H9NOS/c1-5-2-9-6(3-7(5)10)8(11)4-12-9/h2-4,11H,10H2,1H3. The van der Waals surface area contributed by atoms with Crippen LogP contribution in [0.2, 0.25) is 0 Å². The van der Waals surface area contributed by atoms with Crippen molar-refractivity contribution < 1.29 is 5.11 Å². The first-order valence-electron chi connectivity index (χ1n) is 3.65. The molecule has 0 fully saturated rings. The Morgan fingerprint density at radius 1 is 1.42 bits per heavy atom. The summed E-state index contributed by atoms with van der Waals surface area (Å²) in [6, 6.07) is 3.81. The van der Waals surface area contributed by atoms with Crippen molar-refractivity contribution >= 4 is 27.1 Å². The van der Waals surface area contributed by atoms with Gasteiger partial charge in [-0.1, -0.05) is 0 Å². The third-order valence-corrected chi connectivity index (χ3v) is 2.87. The van der Waals surface area contributed by atoms with E-state index in [1.165, 1.54) is 11.3 Å². The van der Waals surface area contributed by atoms with Gasteiger partial charge in [0.15, 0.2) is 0 Å². The predicted octanol–water partition coefficient (Wildman–Crippen LogP) is 2.50. The highest BCUT2D eigenvalue weighted by molar-refractivity contribution is 7.17. The van der Waals surface area contributed by atoms with Crippen LogP contribution in [0, 0.1) is 6.92 Å². The molecule has 1 aromatic heterocycles. The SMILES string of the molecule is Cc1cc2scc(O)c2cc1N. The third-order valence-electron chi connectivity index (χ3n) is 1.94. The molecule has 0 amide bonds. The number of hydrogen-bond donors (Lipinski definition) is 2. The lowest BCUT2D eigenvalue weighted by molar-refractivity contribution is 0.484. The normalized spacial score (nSPS) is 10.8. The Morgan fingerprint density at radius 2 is 2.17 bits per heavy atom. The molecule has 62 valence electrons. The minimum atomic E-state index is 0.321. The van der Waals surface area contributed by atoms with E-state index < -0.39 is 0 Å². The summed E-state index contributed by atoms with van der Waals surface area (Å²) in [7, 11) is 0. The molecule has 0 saturated carbocycles. The van der Waals surface area contributed by atoms with E-state index in [0.29, 0.717) is 5.75 Å². The number of aromatic hydroxyl groups is 1. The first kappa shape index (κ1) is 7.43. The zero-order chi connectivity index (χ0) is 8.72. The van der Waals surface area contributed by atoms with Crippen molar-refractivity contribution in [2.45, 2.75) is 6.92 Å². The molecule has 0 unspecified atom stereocenters. The molecule has 0 aliphatic rings. The van der Waals surface area contributed by atoms with Crippen LogP contribution < -0.4 is 5.73 Å². The number of nitrogen functional groups attached to an aromatic ring is 1. The van der Waals surface area contributed by atoms with E-state index in [4.69, 9.17) is 5.73 Å². The summed E-state index contributed by atoms with van der Waals surface area (Å²) < 4.78 is 1.08. The van der Waals surface area contributed by atoms with Gasteiger partial charge < -0.3 is 10.8 Å². The van der Waals surface area contributed by atoms with Gasteiger partial charge in [-0.2, -0.15) is 0 Å². The van der Waals surface area contributed by atoms with Crippen LogP contribution in [-0.4, -0.2) is 5.11 Å². The summed E-state index contributed by atoms with van der Waals surface area (Å²) in [6.07, 6.45) is 0. The molecule has 0 spiro atoms. The number of nitrogens with two attached hydrogens (primary N) is 1. The van der Waals surface area contributed by atoms with Gasteiger partial charge in [0.25, 0.3) is 0 Å². The van der Waals surface area contributed by atoms with Crippen LogP contribution in [0.5, 0.6) is 5.75 Å². The maximum Gasteiger partial charge on any atom is 0.134 e. The van der Waals surface area contributed by atoms with E-state index in [1.807, 2.05) is 19.1 Å². The average Bonchev–Trinajstić information content (AvgIpc) is 2.35. The molecular weight excluding hydrogens is 170 g/mol. The Balaban J connectivity index is 2.87. The minimum absolute atomic E-state index is 0.321. The molecule has 0 saturated heterocycles. The maximum atomic E-state index is 9.38. The number of anilines is 1. The van der Waals surface area contributed by atoms with E-state index in [0.717, 1.165) is 21.3 Å². The third kappa shape index (κ3) is 0.940. The van der Waals surface area contributed by atoms with Crippen molar-refractivity contribution in [3.05, 3.63) is 23.1 Å². The summed E-state index contributed by atoms with van der Waals surface area (Å²) in [5.41, 5.74) is 7.50. The highest BCUT2D eigenvalue weighted by atomic mass is 32.1. The molecular formula is C9H9NOS. The maximum absolute atomic E-state index is 9.38. The van der Waals surface area contributed by atoms with Crippen LogP contribution in [0.25, 0.3) is 10.1 Å². The summed E-state index contributed by atoms with van der Waals surface area (Å²) in [5.74, 6) is 0.321. The number of hydrogen-bond acceptors (Lipinski definition) is 3. The topological polar surface area (TPSA) is 46.2 Å². The number of fused-ring (bicyclic) bond motifs is 1. The van der Waals surface area contributed by atoms with Crippen LogP contribution in [0.4, 0.5) is 5.69 Å². The fourth-order valence-electron chi connectivity index (χ4n) is 1.18. The van der Waals surface area contributed by atoms with E-state index in [1.54, 1.807) is 5.38 Å². The summed E-state index contributed by atoms with van der Waals surface area (Å²) in [4.78, 5) is 0. The van der Waals surface area contributed by atoms with Gasteiger partial charge in [0.1, 0.15) is 5.75 Å². The minimum Gasteiger partial charge on any atom is -0.506 e. The van der Waals surface area contributed by atoms with Crippen molar-refractivity contribution in [1.29, 1.82) is 0 Å². The van der Waals surface area contributed by atoms with Crippen LogP contribution in [0.15, 0.2) is 17.5 Å². The lowest BCUT2D eigenvalue weighted by Gasteiger charge is -1.99. The molecule has 0 aliphatic carbocycles. The largest absolute Gasteiger partial charge is 0.506 e. The smallest absolute Gasteiger partial charge is 0.134 e. The van der Waals surface area contributed by atoms with Gasteiger partial charge in [-0.25, -0.2) is 0 Å². The second kappa shape index (κ2) is 2.38. The first-order chi connectivity index (χ1) is 5.68. The summed E-state index contributed by atoms with van der Waals surface area (Å²) in [6.45, 7) is 1.96. The number of benzene rings is 1. The average molecular weight is 179 g/mol. The quantitative estimate of drug-likeness (QED) is 0.610. The van der Waals surface area contributed by atoms with E-state index in [-0.39, 0.29) is 0 Å². The molecule has 1 heterocycles. The number of rotatable bonds is 0.